The summed E-state index contributed by atoms with van der Waals surface area (Å²) in [6.07, 6.45) is 6.80. The van der Waals surface area contributed by atoms with Crippen molar-refractivity contribution in [2.45, 2.75) is 37.8 Å². The van der Waals surface area contributed by atoms with E-state index in [1.54, 1.807) is 6.20 Å². The van der Waals surface area contributed by atoms with Crippen LogP contribution in [-0.2, 0) is 6.54 Å². The minimum atomic E-state index is 0.321. The fourth-order valence-electron chi connectivity index (χ4n) is 2.80. The van der Waals surface area contributed by atoms with Crippen LogP contribution in [0.4, 0.5) is 0 Å². The van der Waals surface area contributed by atoms with Crippen LogP contribution in [0.15, 0.2) is 16.9 Å². The molecule has 1 saturated heterocycles. The molecule has 0 bridgehead atoms. The van der Waals surface area contributed by atoms with Crippen LogP contribution in [0.5, 0.6) is 0 Å². The Balaban J connectivity index is 1.38. The topological polar surface area (TPSA) is 83.8 Å². The molecule has 7 nitrogen and oxygen atoms in total. The molecule has 0 amide bonds. The minimum Gasteiger partial charge on any atom is -0.339 e. The van der Waals surface area contributed by atoms with E-state index < -0.39 is 0 Å². The van der Waals surface area contributed by atoms with Crippen molar-refractivity contribution in [1.82, 2.24) is 24.8 Å². The zero-order chi connectivity index (χ0) is 14.2. The summed E-state index contributed by atoms with van der Waals surface area (Å²) >= 11 is 0. The van der Waals surface area contributed by atoms with E-state index in [1.807, 2.05) is 10.9 Å². The van der Waals surface area contributed by atoms with Crippen molar-refractivity contribution in [2.24, 2.45) is 0 Å². The quantitative estimate of drug-likeness (QED) is 0.845. The molecule has 1 atom stereocenters. The first kappa shape index (κ1) is 12.5. The summed E-state index contributed by atoms with van der Waals surface area (Å²) in [7, 11) is 0. The summed E-state index contributed by atoms with van der Waals surface area (Å²) in [4.78, 5) is 6.77. The summed E-state index contributed by atoms with van der Waals surface area (Å²) in [6.45, 7) is 2.61. The average Bonchev–Trinajstić information content (AvgIpc) is 2.95. The first-order valence-electron chi connectivity index (χ1n) is 7.31. The van der Waals surface area contributed by atoms with Crippen LogP contribution in [0, 0.1) is 11.3 Å². The molecule has 1 unspecified atom stereocenters. The van der Waals surface area contributed by atoms with Crippen molar-refractivity contribution in [1.29, 1.82) is 5.26 Å². The Hall–Kier alpha value is -2.20. The molecule has 2 aromatic heterocycles. The van der Waals surface area contributed by atoms with E-state index in [0.717, 1.165) is 37.8 Å². The Labute approximate surface area is 122 Å². The normalized spacial score (nSPS) is 22.5. The average molecular weight is 284 g/mol. The molecule has 108 valence electrons. The van der Waals surface area contributed by atoms with Crippen LogP contribution >= 0.6 is 0 Å². The lowest BCUT2D eigenvalue weighted by atomic mass is 10.3. The highest BCUT2D eigenvalue weighted by atomic mass is 16.5. The third-order valence-electron chi connectivity index (χ3n) is 4.13. The fourth-order valence-corrected chi connectivity index (χ4v) is 2.80. The van der Waals surface area contributed by atoms with Gasteiger partial charge < -0.3 is 4.52 Å². The van der Waals surface area contributed by atoms with Crippen molar-refractivity contribution in [2.75, 3.05) is 13.1 Å². The van der Waals surface area contributed by atoms with E-state index in [9.17, 15) is 0 Å². The van der Waals surface area contributed by atoms with Gasteiger partial charge in [-0.25, -0.2) is 0 Å². The van der Waals surface area contributed by atoms with Gasteiger partial charge in [-0.3, -0.25) is 9.58 Å². The third-order valence-corrected chi connectivity index (χ3v) is 4.13. The predicted octanol–water partition coefficient (Wildman–Crippen LogP) is 1.46. The van der Waals surface area contributed by atoms with E-state index in [1.165, 1.54) is 12.8 Å². The number of nitrogens with zero attached hydrogens (tertiary/aromatic N) is 6. The molecule has 3 heterocycles. The standard InChI is InChI=1S/C14H16N6O/c15-5-10-6-16-20(7-10)12-3-4-19(8-12)9-13-17-14(21-18-13)11-1-2-11/h6-7,11-12H,1-4,8-9H2. The van der Waals surface area contributed by atoms with E-state index in [2.05, 4.69) is 26.2 Å². The second kappa shape index (κ2) is 4.97. The summed E-state index contributed by atoms with van der Waals surface area (Å²) in [6, 6.07) is 2.43. The second-order valence-electron chi connectivity index (χ2n) is 5.82. The molecule has 0 N–H and O–H groups in total. The van der Waals surface area contributed by atoms with Gasteiger partial charge in [0.1, 0.15) is 6.07 Å². The number of likely N-dealkylation sites (tertiary alicyclic amines) is 1. The van der Waals surface area contributed by atoms with Gasteiger partial charge in [0.25, 0.3) is 0 Å². The molecule has 7 heteroatoms. The van der Waals surface area contributed by atoms with Crippen molar-refractivity contribution < 1.29 is 4.52 Å². The van der Waals surface area contributed by atoms with Gasteiger partial charge in [-0.2, -0.15) is 15.3 Å². The lowest BCUT2D eigenvalue weighted by Crippen LogP contribution is -2.22. The first-order chi connectivity index (χ1) is 10.3. The SMILES string of the molecule is N#Cc1cnn(C2CCN(Cc3noc(C4CC4)n3)C2)c1. The molecule has 2 fully saturated rings. The van der Waals surface area contributed by atoms with Gasteiger partial charge in [0.05, 0.1) is 24.3 Å². The van der Waals surface area contributed by atoms with Crippen LogP contribution in [0.25, 0.3) is 0 Å². The molecule has 0 spiro atoms. The molecule has 4 rings (SSSR count). The molecule has 21 heavy (non-hydrogen) atoms. The van der Waals surface area contributed by atoms with Crippen molar-refractivity contribution in [3.63, 3.8) is 0 Å². The summed E-state index contributed by atoms with van der Waals surface area (Å²) in [5.74, 6) is 2.08. The first-order valence-corrected chi connectivity index (χ1v) is 7.31. The van der Waals surface area contributed by atoms with Crippen molar-refractivity contribution in [3.8, 4) is 6.07 Å². The Morgan fingerprint density at radius 1 is 1.38 bits per heavy atom. The molecule has 1 aliphatic carbocycles. The maximum atomic E-state index is 8.85. The van der Waals surface area contributed by atoms with Crippen LogP contribution in [-0.4, -0.2) is 37.9 Å². The molecule has 1 aliphatic heterocycles. The van der Waals surface area contributed by atoms with Crippen molar-refractivity contribution >= 4 is 0 Å². The van der Waals surface area contributed by atoms with Gasteiger partial charge in [0, 0.05) is 25.2 Å². The van der Waals surface area contributed by atoms with Crippen LogP contribution < -0.4 is 0 Å². The zero-order valence-corrected chi connectivity index (χ0v) is 11.6. The van der Waals surface area contributed by atoms with Crippen molar-refractivity contribution in [3.05, 3.63) is 29.7 Å². The van der Waals surface area contributed by atoms with Crippen LogP contribution in [0.3, 0.4) is 0 Å². The number of hydrogen-bond acceptors (Lipinski definition) is 6. The molecule has 2 aromatic rings. The third kappa shape index (κ3) is 2.54. The molecule has 0 radical (unpaired) electrons. The van der Waals surface area contributed by atoms with Gasteiger partial charge in [-0.05, 0) is 19.3 Å². The van der Waals surface area contributed by atoms with Gasteiger partial charge in [-0.1, -0.05) is 5.16 Å². The monoisotopic (exact) mass is 284 g/mol. The van der Waals surface area contributed by atoms with Crippen LogP contribution in [0.1, 0.15) is 48.5 Å². The highest BCUT2D eigenvalue weighted by molar-refractivity contribution is 5.22. The molecule has 1 saturated carbocycles. The van der Waals surface area contributed by atoms with E-state index in [4.69, 9.17) is 9.78 Å². The Morgan fingerprint density at radius 2 is 2.29 bits per heavy atom. The van der Waals surface area contributed by atoms with E-state index >= 15 is 0 Å². The lowest BCUT2D eigenvalue weighted by Gasteiger charge is -2.13. The Morgan fingerprint density at radius 3 is 3.05 bits per heavy atom. The number of rotatable bonds is 4. The molecule has 0 aromatic carbocycles. The van der Waals surface area contributed by atoms with E-state index in [0.29, 0.717) is 17.5 Å². The molecule has 2 aliphatic rings. The fraction of sp³-hybridized carbons (Fsp3) is 0.571. The largest absolute Gasteiger partial charge is 0.339 e. The smallest absolute Gasteiger partial charge is 0.229 e. The predicted molar refractivity (Wildman–Crippen MR) is 72.1 cm³/mol. The summed E-state index contributed by atoms with van der Waals surface area (Å²) in [5.41, 5.74) is 0.612. The number of aromatic nitrogens is 4. The highest BCUT2D eigenvalue weighted by Gasteiger charge is 2.30. The second-order valence-corrected chi connectivity index (χ2v) is 5.82. The van der Waals surface area contributed by atoms with Gasteiger partial charge in [0.15, 0.2) is 5.82 Å². The van der Waals surface area contributed by atoms with E-state index in [-0.39, 0.29) is 0 Å². The highest BCUT2D eigenvalue weighted by Crippen LogP contribution is 2.38. The minimum absolute atomic E-state index is 0.321. The number of hydrogen-bond donors (Lipinski definition) is 0. The maximum Gasteiger partial charge on any atom is 0.229 e. The maximum absolute atomic E-state index is 8.85. The Kier molecular flexibility index (Phi) is 2.97. The van der Waals surface area contributed by atoms with Gasteiger partial charge in [0.2, 0.25) is 5.89 Å². The molecular weight excluding hydrogens is 268 g/mol. The van der Waals surface area contributed by atoms with Gasteiger partial charge >= 0.3 is 0 Å². The molecular formula is C14H16N6O. The lowest BCUT2D eigenvalue weighted by molar-refractivity contribution is 0.295. The van der Waals surface area contributed by atoms with Crippen LogP contribution in [0.2, 0.25) is 0 Å². The zero-order valence-electron chi connectivity index (χ0n) is 11.6. The number of nitriles is 1. The summed E-state index contributed by atoms with van der Waals surface area (Å²) in [5, 5.41) is 17.2. The Bertz CT molecular complexity index is 680. The van der Waals surface area contributed by atoms with Gasteiger partial charge in [-0.15, -0.1) is 0 Å². The summed E-state index contributed by atoms with van der Waals surface area (Å²) < 4.78 is 7.18.